The minimum absolute atomic E-state index is 0.0369. The zero-order chi connectivity index (χ0) is 4.83. The van der Waals surface area contributed by atoms with E-state index in [9.17, 15) is 4.79 Å². The molecule has 0 aromatic heterocycles. The van der Waals surface area contributed by atoms with Gasteiger partial charge in [-0.25, -0.2) is 4.79 Å². The van der Waals surface area contributed by atoms with Crippen LogP contribution in [0.25, 0.3) is 0 Å². The molecule has 1 N–H and O–H groups in total. The highest BCUT2D eigenvalue weighted by Gasteiger charge is 1.67. The van der Waals surface area contributed by atoms with Crippen LogP contribution in [0.5, 0.6) is 0 Å². The standard InChI is InChI=1S/C4H6O2/c5-3-1-2-4-6/h1,6H,2,4H2. The van der Waals surface area contributed by atoms with Gasteiger partial charge in [0.1, 0.15) is 5.94 Å². The lowest BCUT2D eigenvalue weighted by Gasteiger charge is -1.72. The van der Waals surface area contributed by atoms with Crippen LogP contribution in [0.15, 0.2) is 6.08 Å². The molecule has 0 rings (SSSR count). The van der Waals surface area contributed by atoms with Crippen molar-refractivity contribution in [3.8, 4) is 0 Å². The van der Waals surface area contributed by atoms with E-state index in [-0.39, 0.29) is 6.61 Å². The van der Waals surface area contributed by atoms with Gasteiger partial charge < -0.3 is 5.11 Å². The summed E-state index contributed by atoms with van der Waals surface area (Å²) in [5.74, 6) is 1.53. The summed E-state index contributed by atoms with van der Waals surface area (Å²) < 4.78 is 0. The van der Waals surface area contributed by atoms with Crippen molar-refractivity contribution < 1.29 is 9.90 Å². The maximum Gasteiger partial charge on any atom is 0.120 e. The van der Waals surface area contributed by atoms with Gasteiger partial charge in [-0.3, -0.25) is 0 Å². The van der Waals surface area contributed by atoms with Crippen LogP contribution in [-0.2, 0) is 4.79 Å². The van der Waals surface area contributed by atoms with Gasteiger partial charge in [0.15, 0.2) is 0 Å². The molecule has 34 valence electrons. The molecule has 0 atom stereocenters. The second-order valence-corrected chi connectivity index (χ2v) is 0.834. The van der Waals surface area contributed by atoms with Gasteiger partial charge in [-0.05, 0) is 6.42 Å². The maximum atomic E-state index is 9.27. The van der Waals surface area contributed by atoms with Crippen LogP contribution >= 0.6 is 0 Å². The monoisotopic (exact) mass is 86.0 g/mol. The number of aliphatic hydroxyl groups is 1. The highest BCUT2D eigenvalue weighted by molar-refractivity contribution is 5.44. The molecule has 0 spiro atoms. The van der Waals surface area contributed by atoms with Crippen molar-refractivity contribution in [3.05, 3.63) is 6.08 Å². The van der Waals surface area contributed by atoms with Gasteiger partial charge in [-0.2, -0.15) is 0 Å². The average molecular weight is 86.1 g/mol. The van der Waals surface area contributed by atoms with Crippen LogP contribution in [0, 0.1) is 0 Å². The van der Waals surface area contributed by atoms with Crippen molar-refractivity contribution in [1.29, 1.82) is 0 Å². The van der Waals surface area contributed by atoms with Crippen LogP contribution in [-0.4, -0.2) is 17.7 Å². The molecule has 2 nitrogen and oxygen atoms in total. The van der Waals surface area contributed by atoms with Gasteiger partial charge in [0.25, 0.3) is 0 Å². The van der Waals surface area contributed by atoms with Crippen molar-refractivity contribution >= 4 is 5.94 Å². The van der Waals surface area contributed by atoms with Crippen LogP contribution in [0.1, 0.15) is 6.42 Å². The Bertz CT molecular complexity index is 61.9. The van der Waals surface area contributed by atoms with Gasteiger partial charge in [0, 0.05) is 12.7 Å². The topological polar surface area (TPSA) is 37.3 Å². The van der Waals surface area contributed by atoms with E-state index in [1.807, 2.05) is 0 Å². The second kappa shape index (κ2) is 4.41. The molecule has 0 fully saturated rings. The number of rotatable bonds is 2. The fourth-order valence-corrected chi connectivity index (χ4v) is 0.123. The Balaban J connectivity index is 2.86. The lowest BCUT2D eigenvalue weighted by molar-refractivity contribution is 0.303. The summed E-state index contributed by atoms with van der Waals surface area (Å²) in [6, 6.07) is 0. The van der Waals surface area contributed by atoms with Gasteiger partial charge in [-0.1, -0.05) is 0 Å². The van der Waals surface area contributed by atoms with E-state index in [4.69, 9.17) is 5.11 Å². The average Bonchev–Trinajstić information content (AvgIpc) is 1.61. The third kappa shape index (κ3) is 3.41. The molecule has 0 unspecified atom stereocenters. The Labute approximate surface area is 36.1 Å². The largest absolute Gasteiger partial charge is 0.396 e. The normalized spacial score (nSPS) is 6.83. The first-order valence-corrected chi connectivity index (χ1v) is 1.72. The van der Waals surface area contributed by atoms with Crippen molar-refractivity contribution in [3.63, 3.8) is 0 Å². The quantitative estimate of drug-likeness (QED) is 0.471. The van der Waals surface area contributed by atoms with Crippen LogP contribution in [0.2, 0.25) is 0 Å². The van der Waals surface area contributed by atoms with E-state index in [1.165, 1.54) is 12.0 Å². The van der Waals surface area contributed by atoms with E-state index in [2.05, 4.69) is 0 Å². The maximum absolute atomic E-state index is 9.27. The van der Waals surface area contributed by atoms with Gasteiger partial charge >= 0.3 is 0 Å². The van der Waals surface area contributed by atoms with Crippen molar-refractivity contribution in [1.82, 2.24) is 0 Å². The van der Waals surface area contributed by atoms with Crippen LogP contribution < -0.4 is 0 Å². The molecule has 0 aliphatic heterocycles. The first-order chi connectivity index (χ1) is 2.91. The number of aliphatic hydroxyl groups excluding tert-OH is 1. The molecule has 0 aliphatic rings. The van der Waals surface area contributed by atoms with E-state index < -0.39 is 0 Å². The SMILES string of the molecule is O=C=CCCO. The molecule has 6 heavy (non-hydrogen) atoms. The minimum Gasteiger partial charge on any atom is -0.396 e. The lowest BCUT2D eigenvalue weighted by atomic mass is 10.5. The zero-order valence-electron chi connectivity index (χ0n) is 3.35. The van der Waals surface area contributed by atoms with Crippen molar-refractivity contribution in [2.45, 2.75) is 6.42 Å². The summed E-state index contributed by atoms with van der Waals surface area (Å²) in [6.45, 7) is 0.0369. The molecule has 0 radical (unpaired) electrons. The lowest BCUT2D eigenvalue weighted by Crippen LogP contribution is -1.73. The predicted octanol–water partition coefficient (Wildman–Crippen LogP) is -0.243. The summed E-state index contributed by atoms with van der Waals surface area (Å²) in [5, 5.41) is 7.99. The summed E-state index contributed by atoms with van der Waals surface area (Å²) >= 11 is 0. The molecule has 0 aliphatic carbocycles. The Morgan fingerprint density at radius 2 is 2.50 bits per heavy atom. The van der Waals surface area contributed by atoms with Gasteiger partial charge in [0.05, 0.1) is 0 Å². The zero-order valence-corrected chi connectivity index (χ0v) is 3.35. The van der Waals surface area contributed by atoms with E-state index in [0.29, 0.717) is 6.42 Å². The molecule has 0 bridgehead atoms. The molecule has 0 aromatic carbocycles. The summed E-state index contributed by atoms with van der Waals surface area (Å²) in [6.07, 6.45) is 1.67. The second-order valence-electron chi connectivity index (χ2n) is 0.834. The van der Waals surface area contributed by atoms with Crippen molar-refractivity contribution in [2.24, 2.45) is 0 Å². The van der Waals surface area contributed by atoms with Crippen LogP contribution in [0.3, 0.4) is 0 Å². The van der Waals surface area contributed by atoms with Crippen molar-refractivity contribution in [2.75, 3.05) is 6.61 Å². The smallest absolute Gasteiger partial charge is 0.120 e. The van der Waals surface area contributed by atoms with E-state index in [1.54, 1.807) is 0 Å². The number of hydrogen-bond donors (Lipinski definition) is 1. The summed E-state index contributed by atoms with van der Waals surface area (Å²) in [5.41, 5.74) is 0. The fourth-order valence-electron chi connectivity index (χ4n) is 0.123. The Kier molecular flexibility index (Phi) is 3.98. The highest BCUT2D eigenvalue weighted by Crippen LogP contribution is 1.68. The van der Waals surface area contributed by atoms with Gasteiger partial charge in [0.2, 0.25) is 0 Å². The van der Waals surface area contributed by atoms with Gasteiger partial charge in [-0.15, -0.1) is 0 Å². The third-order valence-electron chi connectivity index (χ3n) is 0.357. The number of hydrogen-bond acceptors (Lipinski definition) is 2. The molecule has 0 aromatic rings. The number of carbonyl (C=O) groups excluding carboxylic acids is 1. The molecule has 2 heteroatoms. The first kappa shape index (κ1) is 5.41. The Morgan fingerprint density at radius 3 is 2.67 bits per heavy atom. The molecule has 0 heterocycles. The molecule has 0 amide bonds. The molecular formula is C4H6O2. The Morgan fingerprint density at radius 1 is 1.83 bits per heavy atom. The highest BCUT2D eigenvalue weighted by atomic mass is 16.2. The van der Waals surface area contributed by atoms with Crippen LogP contribution in [0.4, 0.5) is 0 Å². The summed E-state index contributed by atoms with van der Waals surface area (Å²) in [7, 11) is 0. The Hall–Kier alpha value is -0.590. The molecule has 0 saturated carbocycles. The third-order valence-corrected chi connectivity index (χ3v) is 0.357. The molecule has 0 saturated heterocycles. The predicted molar refractivity (Wildman–Crippen MR) is 22.0 cm³/mol. The summed E-state index contributed by atoms with van der Waals surface area (Å²) in [4.78, 5) is 9.27. The van der Waals surface area contributed by atoms with E-state index in [0.717, 1.165) is 0 Å². The fraction of sp³-hybridized carbons (Fsp3) is 0.500. The molecular weight excluding hydrogens is 80.0 g/mol. The van der Waals surface area contributed by atoms with E-state index >= 15 is 0 Å². The first-order valence-electron chi connectivity index (χ1n) is 1.72. The minimum atomic E-state index is 0.0369.